The highest BCUT2D eigenvalue weighted by atomic mass is 35.5. The Bertz CT molecular complexity index is 608. The van der Waals surface area contributed by atoms with Crippen LogP contribution in [0.5, 0.6) is 0 Å². The third kappa shape index (κ3) is 2.86. The average molecular weight is 312 g/mol. The number of amides is 1. The van der Waals surface area contributed by atoms with E-state index in [-0.39, 0.29) is 16.3 Å². The Kier molecular flexibility index (Phi) is 4.16. The summed E-state index contributed by atoms with van der Waals surface area (Å²) >= 11 is 7.36. The van der Waals surface area contributed by atoms with Gasteiger partial charge < -0.3 is 5.32 Å². The smallest absolute Gasteiger partial charge is 0.287 e. The van der Waals surface area contributed by atoms with Crippen LogP contribution in [0.25, 0.3) is 0 Å². The van der Waals surface area contributed by atoms with Crippen LogP contribution in [0.1, 0.15) is 16.8 Å². The lowest BCUT2D eigenvalue weighted by Gasteiger charge is -2.21. The highest BCUT2D eigenvalue weighted by Crippen LogP contribution is 2.29. The lowest BCUT2D eigenvalue weighted by molar-refractivity contribution is -0.384. The quantitative estimate of drug-likeness (QED) is 0.683. The second-order valence-electron chi connectivity index (χ2n) is 4.37. The predicted molar refractivity (Wildman–Crippen MR) is 75.9 cm³/mol. The van der Waals surface area contributed by atoms with Crippen LogP contribution in [0.15, 0.2) is 18.2 Å². The van der Waals surface area contributed by atoms with Crippen molar-refractivity contribution in [3.63, 3.8) is 0 Å². The Hall–Kier alpha value is -1.78. The van der Waals surface area contributed by atoms with Crippen LogP contribution >= 0.6 is 23.4 Å². The number of carbonyl (C=O) groups excluding carboxylic acids is 1. The largest absolute Gasteiger partial charge is 0.333 e. The zero-order valence-corrected chi connectivity index (χ0v) is 11.8. The third-order valence-corrected chi connectivity index (χ3v) is 4.49. The second kappa shape index (κ2) is 5.69. The molecule has 1 heterocycles. The van der Waals surface area contributed by atoms with E-state index in [2.05, 4.69) is 11.4 Å². The molecule has 1 unspecified atom stereocenters. The lowest BCUT2D eigenvalue weighted by Crippen LogP contribution is -2.47. The first-order valence-corrected chi connectivity index (χ1v) is 7.26. The Balaban J connectivity index is 2.20. The number of benzene rings is 1. The summed E-state index contributed by atoms with van der Waals surface area (Å²) in [5.74, 6) is 0.899. The number of carbonyl (C=O) groups is 1. The molecule has 1 fully saturated rings. The molecule has 0 bridgehead atoms. The number of halogens is 1. The summed E-state index contributed by atoms with van der Waals surface area (Å²) in [5, 5.41) is 22.4. The van der Waals surface area contributed by atoms with Crippen LogP contribution < -0.4 is 5.32 Å². The standard InChI is InChI=1S/C12H10ClN3O3S/c13-9-5-8(1-2-10(9)16(18)19)11(17)15-12(6-14)3-4-20-7-12/h1-2,5H,3-4,7H2,(H,15,17). The number of nitro groups is 1. The zero-order chi connectivity index (χ0) is 14.8. The zero-order valence-electron chi connectivity index (χ0n) is 10.3. The molecular formula is C12H10ClN3O3S. The molecule has 20 heavy (non-hydrogen) atoms. The van der Waals surface area contributed by atoms with Gasteiger partial charge in [-0.1, -0.05) is 11.6 Å². The summed E-state index contributed by atoms with van der Waals surface area (Å²) in [6.45, 7) is 0. The van der Waals surface area contributed by atoms with Gasteiger partial charge in [0, 0.05) is 17.4 Å². The van der Waals surface area contributed by atoms with Crippen LogP contribution in [-0.4, -0.2) is 27.9 Å². The van der Waals surface area contributed by atoms with Gasteiger partial charge in [0.05, 0.1) is 11.0 Å². The Morgan fingerprint density at radius 3 is 2.85 bits per heavy atom. The molecule has 6 nitrogen and oxygen atoms in total. The lowest BCUT2D eigenvalue weighted by atomic mass is 10.0. The SMILES string of the molecule is N#CC1(NC(=O)c2ccc([N+](=O)[O-])c(Cl)c2)CCSC1. The molecule has 1 saturated heterocycles. The van der Waals surface area contributed by atoms with Gasteiger partial charge in [-0.2, -0.15) is 17.0 Å². The number of hydrogen-bond acceptors (Lipinski definition) is 5. The fourth-order valence-electron chi connectivity index (χ4n) is 1.87. The summed E-state index contributed by atoms with van der Waals surface area (Å²) in [5.41, 5.74) is -0.919. The van der Waals surface area contributed by atoms with E-state index in [1.807, 2.05) is 0 Å². The summed E-state index contributed by atoms with van der Waals surface area (Å²) < 4.78 is 0. The van der Waals surface area contributed by atoms with E-state index in [1.165, 1.54) is 18.2 Å². The number of hydrogen-bond donors (Lipinski definition) is 1. The molecule has 0 aromatic heterocycles. The van der Waals surface area contributed by atoms with E-state index < -0.39 is 16.4 Å². The van der Waals surface area contributed by atoms with E-state index in [4.69, 9.17) is 11.6 Å². The van der Waals surface area contributed by atoms with Gasteiger partial charge in [0.1, 0.15) is 10.6 Å². The molecule has 2 rings (SSSR count). The molecule has 1 aromatic rings. The van der Waals surface area contributed by atoms with E-state index in [1.54, 1.807) is 11.8 Å². The van der Waals surface area contributed by atoms with Gasteiger partial charge in [0.15, 0.2) is 0 Å². The average Bonchev–Trinajstić information content (AvgIpc) is 2.87. The molecule has 1 atom stereocenters. The minimum Gasteiger partial charge on any atom is -0.333 e. The molecule has 0 spiro atoms. The maximum Gasteiger partial charge on any atom is 0.287 e. The predicted octanol–water partition coefficient (Wildman–Crippen LogP) is 2.38. The van der Waals surface area contributed by atoms with Gasteiger partial charge >= 0.3 is 0 Å². The number of nitrogens with zero attached hydrogens (tertiary/aromatic N) is 2. The van der Waals surface area contributed by atoms with E-state index in [9.17, 15) is 20.2 Å². The second-order valence-corrected chi connectivity index (χ2v) is 5.89. The number of nitriles is 1. The molecule has 1 aromatic carbocycles. The van der Waals surface area contributed by atoms with E-state index in [0.29, 0.717) is 12.2 Å². The van der Waals surface area contributed by atoms with Crippen molar-refractivity contribution < 1.29 is 9.72 Å². The first-order valence-electron chi connectivity index (χ1n) is 5.73. The monoisotopic (exact) mass is 311 g/mol. The minimum atomic E-state index is -0.865. The highest BCUT2D eigenvalue weighted by Gasteiger charge is 2.36. The molecule has 104 valence electrons. The molecule has 1 amide bonds. The van der Waals surface area contributed by atoms with E-state index >= 15 is 0 Å². The number of thioether (sulfide) groups is 1. The van der Waals surface area contributed by atoms with Crippen LogP contribution in [0.4, 0.5) is 5.69 Å². The molecule has 0 radical (unpaired) electrons. The minimum absolute atomic E-state index is 0.102. The topological polar surface area (TPSA) is 96.0 Å². The van der Waals surface area contributed by atoms with Gasteiger partial charge in [-0.3, -0.25) is 14.9 Å². The summed E-state index contributed by atoms with van der Waals surface area (Å²) in [6.07, 6.45) is 0.584. The van der Waals surface area contributed by atoms with Crippen molar-refractivity contribution in [1.29, 1.82) is 5.26 Å². The summed E-state index contributed by atoms with van der Waals surface area (Å²) in [6, 6.07) is 5.87. The summed E-state index contributed by atoms with van der Waals surface area (Å²) in [4.78, 5) is 22.1. The number of rotatable bonds is 3. The normalized spacial score (nSPS) is 21.2. The van der Waals surface area contributed by atoms with Crippen molar-refractivity contribution in [3.8, 4) is 6.07 Å². The Morgan fingerprint density at radius 2 is 2.35 bits per heavy atom. The first kappa shape index (κ1) is 14.6. The van der Waals surface area contributed by atoms with Crippen molar-refractivity contribution in [2.45, 2.75) is 12.0 Å². The van der Waals surface area contributed by atoms with Crippen LogP contribution in [0.3, 0.4) is 0 Å². The van der Waals surface area contributed by atoms with Crippen molar-refractivity contribution >= 4 is 35.0 Å². The molecule has 0 saturated carbocycles. The molecule has 8 heteroatoms. The van der Waals surface area contributed by atoms with Gasteiger partial charge in [-0.05, 0) is 24.3 Å². The number of nitrogens with one attached hydrogen (secondary N) is 1. The van der Waals surface area contributed by atoms with Crippen molar-refractivity contribution in [2.24, 2.45) is 0 Å². The van der Waals surface area contributed by atoms with Crippen molar-refractivity contribution in [2.75, 3.05) is 11.5 Å². The van der Waals surface area contributed by atoms with Crippen LogP contribution in [-0.2, 0) is 0 Å². The van der Waals surface area contributed by atoms with Crippen LogP contribution in [0, 0.1) is 21.4 Å². The molecule has 1 N–H and O–H groups in total. The van der Waals surface area contributed by atoms with Gasteiger partial charge in [-0.15, -0.1) is 0 Å². The molecule has 1 aliphatic heterocycles. The molecule has 0 aliphatic carbocycles. The van der Waals surface area contributed by atoms with Crippen LogP contribution in [0.2, 0.25) is 5.02 Å². The third-order valence-electron chi connectivity index (χ3n) is 3.00. The number of nitro benzene ring substituents is 1. The van der Waals surface area contributed by atoms with Crippen molar-refractivity contribution in [1.82, 2.24) is 5.32 Å². The van der Waals surface area contributed by atoms with E-state index in [0.717, 1.165) is 5.75 Å². The van der Waals surface area contributed by atoms with Gasteiger partial charge in [0.2, 0.25) is 0 Å². The maximum absolute atomic E-state index is 12.1. The fraction of sp³-hybridized carbons (Fsp3) is 0.333. The maximum atomic E-state index is 12.1. The van der Waals surface area contributed by atoms with Gasteiger partial charge in [0.25, 0.3) is 11.6 Å². The Labute approximate surface area is 124 Å². The molecular weight excluding hydrogens is 302 g/mol. The first-order chi connectivity index (χ1) is 9.47. The fourth-order valence-corrected chi connectivity index (χ4v) is 3.38. The highest BCUT2D eigenvalue weighted by molar-refractivity contribution is 7.99. The molecule has 1 aliphatic rings. The van der Waals surface area contributed by atoms with Crippen molar-refractivity contribution in [3.05, 3.63) is 38.9 Å². The Morgan fingerprint density at radius 1 is 1.60 bits per heavy atom. The summed E-state index contributed by atoms with van der Waals surface area (Å²) in [7, 11) is 0. The van der Waals surface area contributed by atoms with Gasteiger partial charge in [-0.25, -0.2) is 0 Å².